The lowest BCUT2D eigenvalue weighted by Gasteiger charge is -2.14. The highest BCUT2D eigenvalue weighted by molar-refractivity contribution is 7.13. The van der Waals surface area contributed by atoms with Crippen molar-refractivity contribution in [1.29, 1.82) is 0 Å². The Hall–Kier alpha value is -2.36. The van der Waals surface area contributed by atoms with Crippen LogP contribution in [0.15, 0.2) is 24.3 Å². The van der Waals surface area contributed by atoms with Gasteiger partial charge in [-0.15, -0.1) is 10.2 Å². The number of carbonyl (C=O) groups excluding carboxylic acids is 2. The predicted molar refractivity (Wildman–Crippen MR) is 108 cm³/mol. The van der Waals surface area contributed by atoms with E-state index in [1.807, 2.05) is 0 Å². The van der Waals surface area contributed by atoms with E-state index in [2.05, 4.69) is 25.7 Å². The maximum atomic E-state index is 12.2. The highest BCUT2D eigenvalue weighted by Crippen LogP contribution is 2.15. The molecule has 0 aliphatic carbocycles. The van der Waals surface area contributed by atoms with Crippen molar-refractivity contribution in [3.63, 3.8) is 0 Å². The number of hydrogen-bond acceptors (Lipinski definition) is 7. The van der Waals surface area contributed by atoms with E-state index < -0.39 is 0 Å². The summed E-state index contributed by atoms with van der Waals surface area (Å²) in [7, 11) is 1.56. The zero-order chi connectivity index (χ0) is 19.8. The minimum atomic E-state index is -0.334. The highest BCUT2D eigenvalue weighted by atomic mass is 32.1. The monoisotopic (exact) mass is 403 g/mol. The number of ether oxygens (including phenoxy) is 1. The molecule has 8 nitrogen and oxygen atoms in total. The third kappa shape index (κ3) is 5.82. The maximum Gasteiger partial charge on any atom is 0.286 e. The maximum absolute atomic E-state index is 12.2. The van der Waals surface area contributed by atoms with E-state index in [0.29, 0.717) is 29.4 Å². The Bertz CT molecular complexity index is 787. The molecule has 0 radical (unpaired) electrons. The number of methoxy groups -OCH3 is 1. The summed E-state index contributed by atoms with van der Waals surface area (Å²) in [6.45, 7) is 4.36. The van der Waals surface area contributed by atoms with Crippen LogP contribution in [0, 0.1) is 0 Å². The molecule has 2 aromatic rings. The summed E-state index contributed by atoms with van der Waals surface area (Å²) in [5, 5.41) is 14.4. The number of carbonyl (C=O) groups is 2. The van der Waals surface area contributed by atoms with Crippen LogP contribution in [0.3, 0.4) is 0 Å². The zero-order valence-corrected chi connectivity index (χ0v) is 16.8. The Morgan fingerprint density at radius 3 is 2.61 bits per heavy atom. The lowest BCUT2D eigenvalue weighted by molar-refractivity contribution is 0.0951. The van der Waals surface area contributed by atoms with Crippen molar-refractivity contribution >= 4 is 28.8 Å². The Morgan fingerprint density at radius 2 is 1.89 bits per heavy atom. The molecule has 0 unspecified atom stereocenters. The standard InChI is InChI=1S/C19H25N5O3S/c1-27-13-16-22-23-19(28-16)18(26)21-15-7-5-14(6-8-15)17(25)20-9-4-12-24-10-2-3-11-24/h5-8H,2-4,9-13H2,1H3,(H,20,25)(H,21,26). The van der Waals surface area contributed by atoms with Crippen molar-refractivity contribution < 1.29 is 14.3 Å². The highest BCUT2D eigenvalue weighted by Gasteiger charge is 2.14. The summed E-state index contributed by atoms with van der Waals surface area (Å²) in [4.78, 5) is 26.9. The van der Waals surface area contributed by atoms with Gasteiger partial charge in [0.2, 0.25) is 5.01 Å². The van der Waals surface area contributed by atoms with E-state index in [-0.39, 0.29) is 16.8 Å². The molecular weight excluding hydrogens is 378 g/mol. The largest absolute Gasteiger partial charge is 0.377 e. The Labute approximate surface area is 168 Å². The number of nitrogens with zero attached hydrogens (tertiary/aromatic N) is 3. The van der Waals surface area contributed by atoms with Crippen LogP contribution in [0.2, 0.25) is 0 Å². The van der Waals surface area contributed by atoms with E-state index in [1.54, 1.807) is 31.4 Å². The van der Waals surface area contributed by atoms with Crippen molar-refractivity contribution in [2.75, 3.05) is 38.6 Å². The van der Waals surface area contributed by atoms with Crippen LogP contribution in [-0.4, -0.2) is 60.2 Å². The van der Waals surface area contributed by atoms with Crippen LogP contribution in [0.1, 0.15) is 44.4 Å². The third-order valence-electron chi connectivity index (χ3n) is 4.47. The number of benzene rings is 1. The van der Waals surface area contributed by atoms with Crippen LogP contribution in [0.5, 0.6) is 0 Å². The first-order valence-electron chi connectivity index (χ1n) is 9.39. The molecular formula is C19H25N5O3S. The quantitative estimate of drug-likeness (QED) is 0.623. The van der Waals surface area contributed by atoms with E-state index in [9.17, 15) is 9.59 Å². The van der Waals surface area contributed by atoms with Crippen molar-refractivity contribution in [3.05, 3.63) is 39.8 Å². The first kappa shape index (κ1) is 20.4. The number of likely N-dealkylation sites (tertiary alicyclic amines) is 1. The number of nitrogens with one attached hydrogen (secondary N) is 2. The van der Waals surface area contributed by atoms with Gasteiger partial charge in [0, 0.05) is 24.9 Å². The number of aromatic nitrogens is 2. The molecule has 9 heteroatoms. The molecule has 1 aromatic heterocycles. The first-order chi connectivity index (χ1) is 13.7. The van der Waals surface area contributed by atoms with E-state index in [0.717, 1.165) is 13.0 Å². The summed E-state index contributed by atoms with van der Waals surface area (Å²) in [6.07, 6.45) is 3.51. The number of hydrogen-bond donors (Lipinski definition) is 2. The molecule has 2 amide bonds. The summed E-state index contributed by atoms with van der Waals surface area (Å²) >= 11 is 1.19. The van der Waals surface area contributed by atoms with Crippen molar-refractivity contribution in [3.8, 4) is 0 Å². The molecule has 1 aliphatic heterocycles. The van der Waals surface area contributed by atoms with Crippen LogP contribution in [-0.2, 0) is 11.3 Å². The van der Waals surface area contributed by atoms with Crippen LogP contribution < -0.4 is 10.6 Å². The second kappa shape index (κ2) is 10.3. The third-order valence-corrected chi connectivity index (χ3v) is 5.36. The van der Waals surface area contributed by atoms with Crippen LogP contribution >= 0.6 is 11.3 Å². The fraction of sp³-hybridized carbons (Fsp3) is 0.474. The molecule has 1 fully saturated rings. The van der Waals surface area contributed by atoms with Crippen LogP contribution in [0.4, 0.5) is 5.69 Å². The predicted octanol–water partition coefficient (Wildman–Crippen LogP) is 2.15. The topological polar surface area (TPSA) is 96.5 Å². The average Bonchev–Trinajstić information content (AvgIpc) is 3.38. The van der Waals surface area contributed by atoms with Gasteiger partial charge in [-0.25, -0.2) is 0 Å². The van der Waals surface area contributed by atoms with Gasteiger partial charge in [0.25, 0.3) is 11.8 Å². The number of anilines is 1. The van der Waals surface area contributed by atoms with Gasteiger partial charge in [0.05, 0.1) is 6.61 Å². The summed E-state index contributed by atoms with van der Waals surface area (Å²) in [5.74, 6) is -0.438. The molecule has 0 atom stereocenters. The first-order valence-corrected chi connectivity index (χ1v) is 10.2. The van der Waals surface area contributed by atoms with Gasteiger partial charge in [0.1, 0.15) is 5.01 Å². The second-order valence-electron chi connectivity index (χ2n) is 6.62. The minimum Gasteiger partial charge on any atom is -0.377 e. The van der Waals surface area contributed by atoms with E-state index in [4.69, 9.17) is 4.74 Å². The average molecular weight is 404 g/mol. The van der Waals surface area contributed by atoms with Gasteiger partial charge < -0.3 is 20.3 Å². The molecule has 150 valence electrons. The van der Waals surface area contributed by atoms with Crippen molar-refractivity contribution in [1.82, 2.24) is 20.4 Å². The van der Waals surface area contributed by atoms with Gasteiger partial charge in [-0.1, -0.05) is 11.3 Å². The van der Waals surface area contributed by atoms with E-state index in [1.165, 1.54) is 37.3 Å². The zero-order valence-electron chi connectivity index (χ0n) is 15.9. The molecule has 1 aliphatic rings. The smallest absolute Gasteiger partial charge is 0.286 e. The van der Waals surface area contributed by atoms with E-state index >= 15 is 0 Å². The molecule has 0 spiro atoms. The minimum absolute atomic E-state index is 0.104. The lowest BCUT2D eigenvalue weighted by atomic mass is 10.2. The summed E-state index contributed by atoms with van der Waals surface area (Å²) < 4.78 is 4.97. The molecule has 28 heavy (non-hydrogen) atoms. The van der Waals surface area contributed by atoms with Gasteiger partial charge in [-0.3, -0.25) is 9.59 Å². The molecule has 0 bridgehead atoms. The van der Waals surface area contributed by atoms with Crippen molar-refractivity contribution in [2.45, 2.75) is 25.9 Å². The molecule has 0 saturated carbocycles. The molecule has 2 N–H and O–H groups in total. The summed E-state index contributed by atoms with van der Waals surface area (Å²) in [5.41, 5.74) is 1.16. The SMILES string of the molecule is COCc1nnc(C(=O)Nc2ccc(C(=O)NCCCN3CCCC3)cc2)s1. The second-order valence-corrected chi connectivity index (χ2v) is 7.69. The fourth-order valence-electron chi connectivity index (χ4n) is 3.03. The Balaban J connectivity index is 1.44. The fourth-order valence-corrected chi connectivity index (χ4v) is 3.74. The van der Waals surface area contributed by atoms with Gasteiger partial charge in [-0.05, 0) is 63.2 Å². The van der Waals surface area contributed by atoms with Crippen LogP contribution in [0.25, 0.3) is 0 Å². The Kier molecular flexibility index (Phi) is 7.46. The molecule has 3 rings (SSSR count). The molecule has 2 heterocycles. The lowest BCUT2D eigenvalue weighted by Crippen LogP contribution is -2.28. The number of amides is 2. The van der Waals surface area contributed by atoms with Gasteiger partial charge >= 0.3 is 0 Å². The van der Waals surface area contributed by atoms with Gasteiger partial charge in [0.15, 0.2) is 0 Å². The van der Waals surface area contributed by atoms with Crippen molar-refractivity contribution in [2.24, 2.45) is 0 Å². The Morgan fingerprint density at radius 1 is 1.14 bits per heavy atom. The molecule has 1 aromatic carbocycles. The summed E-state index contributed by atoms with van der Waals surface area (Å²) in [6, 6.07) is 6.80. The number of rotatable bonds is 9. The van der Waals surface area contributed by atoms with Gasteiger partial charge in [-0.2, -0.15) is 0 Å². The molecule has 1 saturated heterocycles. The normalized spacial score (nSPS) is 14.2.